The van der Waals surface area contributed by atoms with E-state index in [-0.39, 0.29) is 6.54 Å². The van der Waals surface area contributed by atoms with Crippen LogP contribution in [-0.4, -0.2) is 23.2 Å². The lowest BCUT2D eigenvalue weighted by atomic mass is 10.7. The van der Waals surface area contributed by atoms with Crippen LogP contribution < -0.4 is 5.32 Å². The van der Waals surface area contributed by atoms with Crippen LogP contribution in [0.4, 0.5) is 13.9 Å². The highest BCUT2D eigenvalue weighted by molar-refractivity contribution is 9.11. The number of nitrogens with zero attached hydrogens (tertiary/aromatic N) is 2. The van der Waals surface area contributed by atoms with E-state index in [1.165, 1.54) is 11.3 Å². The number of anilines is 1. The van der Waals surface area contributed by atoms with Crippen molar-refractivity contribution in [2.24, 2.45) is 0 Å². The van der Waals surface area contributed by atoms with Crippen LogP contribution in [0.2, 0.25) is 0 Å². The molecular formula is C4H4BrF2N3S. The lowest BCUT2D eigenvalue weighted by Gasteiger charge is -1.97. The molecule has 0 aliphatic carbocycles. The maximum atomic E-state index is 11.6. The van der Waals surface area contributed by atoms with E-state index in [0.29, 0.717) is 9.05 Å². The van der Waals surface area contributed by atoms with Gasteiger partial charge < -0.3 is 5.32 Å². The summed E-state index contributed by atoms with van der Waals surface area (Å²) in [4.78, 5) is 0. The van der Waals surface area contributed by atoms with Gasteiger partial charge in [-0.05, 0) is 15.9 Å². The van der Waals surface area contributed by atoms with Crippen LogP contribution in [0.1, 0.15) is 0 Å². The highest BCUT2D eigenvalue weighted by atomic mass is 79.9. The van der Waals surface area contributed by atoms with Gasteiger partial charge in [0.15, 0.2) is 3.92 Å². The Labute approximate surface area is 74.0 Å². The molecule has 0 atom stereocenters. The highest BCUT2D eigenvalue weighted by Gasteiger charge is 2.04. The molecule has 0 unspecified atom stereocenters. The summed E-state index contributed by atoms with van der Waals surface area (Å²) >= 11 is 4.24. The molecule has 0 radical (unpaired) electrons. The predicted octanol–water partition coefficient (Wildman–Crippen LogP) is 1.98. The molecule has 1 rings (SSSR count). The Balaban J connectivity index is 2.39. The average molecular weight is 244 g/mol. The second-order valence-electron chi connectivity index (χ2n) is 1.63. The number of halogens is 3. The molecule has 0 aliphatic heterocycles. The number of rotatable bonds is 3. The Morgan fingerprint density at radius 2 is 2.27 bits per heavy atom. The number of alkyl halides is 2. The Hall–Kier alpha value is -0.300. The molecule has 0 amide bonds. The second kappa shape index (κ2) is 3.91. The summed E-state index contributed by atoms with van der Waals surface area (Å²) in [5.74, 6) is 0. The first-order valence-corrected chi connectivity index (χ1v) is 4.30. The van der Waals surface area contributed by atoms with Crippen molar-refractivity contribution in [3.8, 4) is 0 Å². The van der Waals surface area contributed by atoms with Crippen molar-refractivity contribution in [1.82, 2.24) is 10.2 Å². The van der Waals surface area contributed by atoms with Crippen LogP contribution >= 0.6 is 27.3 Å². The van der Waals surface area contributed by atoms with Crippen LogP contribution in [0.25, 0.3) is 0 Å². The number of aromatic nitrogens is 2. The molecule has 0 saturated carbocycles. The zero-order valence-electron chi connectivity index (χ0n) is 5.22. The number of hydrogen-bond donors (Lipinski definition) is 1. The standard InChI is InChI=1S/C4H4BrF2N3S/c5-3-9-10-4(11-3)8-1-2(6)7/h2H,1H2,(H,8,10). The lowest BCUT2D eigenvalue weighted by molar-refractivity contribution is 0.163. The summed E-state index contributed by atoms with van der Waals surface area (Å²) in [6.45, 7) is -0.387. The Bertz CT molecular complexity index is 229. The van der Waals surface area contributed by atoms with E-state index in [4.69, 9.17) is 0 Å². The quantitative estimate of drug-likeness (QED) is 0.883. The fourth-order valence-corrected chi connectivity index (χ4v) is 1.46. The van der Waals surface area contributed by atoms with E-state index >= 15 is 0 Å². The fourth-order valence-electron chi connectivity index (χ4n) is 0.441. The van der Waals surface area contributed by atoms with E-state index < -0.39 is 6.43 Å². The molecule has 0 aliphatic rings. The molecule has 1 N–H and O–H groups in total. The van der Waals surface area contributed by atoms with Gasteiger partial charge in [0.05, 0.1) is 6.54 Å². The molecule has 0 fully saturated rings. The molecule has 62 valence electrons. The minimum absolute atomic E-state index is 0.387. The molecule has 1 heterocycles. The predicted molar refractivity (Wildman–Crippen MR) is 42.1 cm³/mol. The molecule has 3 nitrogen and oxygen atoms in total. The summed E-state index contributed by atoms with van der Waals surface area (Å²) < 4.78 is 23.8. The van der Waals surface area contributed by atoms with Crippen LogP contribution in [0.3, 0.4) is 0 Å². The van der Waals surface area contributed by atoms with Gasteiger partial charge in [0.25, 0.3) is 6.43 Å². The fraction of sp³-hybridized carbons (Fsp3) is 0.500. The van der Waals surface area contributed by atoms with Gasteiger partial charge in [-0.15, -0.1) is 10.2 Å². The van der Waals surface area contributed by atoms with E-state index in [1.807, 2.05) is 0 Å². The molecule has 0 spiro atoms. The molecule has 0 saturated heterocycles. The van der Waals surface area contributed by atoms with Crippen molar-refractivity contribution < 1.29 is 8.78 Å². The van der Waals surface area contributed by atoms with E-state index in [9.17, 15) is 8.78 Å². The lowest BCUT2D eigenvalue weighted by Crippen LogP contribution is -2.09. The largest absolute Gasteiger partial charge is 0.354 e. The maximum absolute atomic E-state index is 11.6. The molecule has 11 heavy (non-hydrogen) atoms. The van der Waals surface area contributed by atoms with Crippen molar-refractivity contribution in [2.45, 2.75) is 6.43 Å². The monoisotopic (exact) mass is 243 g/mol. The van der Waals surface area contributed by atoms with Gasteiger partial charge >= 0.3 is 0 Å². The Morgan fingerprint density at radius 3 is 2.73 bits per heavy atom. The summed E-state index contributed by atoms with van der Waals surface area (Å²) in [5.41, 5.74) is 0. The topological polar surface area (TPSA) is 37.8 Å². The first-order valence-electron chi connectivity index (χ1n) is 2.69. The third-order valence-corrected chi connectivity index (χ3v) is 2.12. The number of hydrogen-bond acceptors (Lipinski definition) is 4. The van der Waals surface area contributed by atoms with E-state index in [1.54, 1.807) is 0 Å². The SMILES string of the molecule is FC(F)CNc1nnc(Br)s1. The van der Waals surface area contributed by atoms with E-state index in [2.05, 4.69) is 31.4 Å². The first kappa shape index (κ1) is 8.79. The molecule has 1 aromatic heterocycles. The van der Waals surface area contributed by atoms with Gasteiger partial charge in [-0.3, -0.25) is 0 Å². The smallest absolute Gasteiger partial charge is 0.255 e. The van der Waals surface area contributed by atoms with Crippen molar-refractivity contribution in [3.63, 3.8) is 0 Å². The summed E-state index contributed by atoms with van der Waals surface area (Å²) in [5, 5.41) is 9.97. The maximum Gasteiger partial charge on any atom is 0.255 e. The third-order valence-electron chi connectivity index (χ3n) is 0.808. The van der Waals surface area contributed by atoms with Crippen LogP contribution in [0, 0.1) is 0 Å². The molecule has 7 heteroatoms. The van der Waals surface area contributed by atoms with Gasteiger partial charge in [-0.25, -0.2) is 8.78 Å². The number of nitrogens with one attached hydrogen (secondary N) is 1. The zero-order chi connectivity index (χ0) is 8.27. The summed E-state index contributed by atoms with van der Waals surface area (Å²) in [7, 11) is 0. The Kier molecular flexibility index (Phi) is 3.13. The highest BCUT2D eigenvalue weighted by Crippen LogP contribution is 2.19. The molecular weight excluding hydrogens is 240 g/mol. The van der Waals surface area contributed by atoms with Gasteiger partial charge in [-0.1, -0.05) is 11.3 Å². The van der Waals surface area contributed by atoms with Crippen molar-refractivity contribution in [1.29, 1.82) is 0 Å². The third kappa shape index (κ3) is 3.06. The summed E-state index contributed by atoms with van der Waals surface area (Å²) in [6.07, 6.45) is -2.36. The van der Waals surface area contributed by atoms with Gasteiger partial charge in [0, 0.05) is 0 Å². The Morgan fingerprint density at radius 1 is 1.55 bits per heavy atom. The normalized spacial score (nSPS) is 10.5. The molecule has 0 aromatic carbocycles. The van der Waals surface area contributed by atoms with Crippen LogP contribution in [-0.2, 0) is 0 Å². The van der Waals surface area contributed by atoms with Crippen molar-refractivity contribution in [2.75, 3.05) is 11.9 Å². The second-order valence-corrected chi connectivity index (χ2v) is 3.89. The summed E-state index contributed by atoms with van der Waals surface area (Å²) in [6, 6.07) is 0. The zero-order valence-corrected chi connectivity index (χ0v) is 7.62. The van der Waals surface area contributed by atoms with Gasteiger partial charge in [0.2, 0.25) is 5.13 Å². The minimum atomic E-state index is -2.36. The van der Waals surface area contributed by atoms with Crippen molar-refractivity contribution in [3.05, 3.63) is 3.92 Å². The molecule has 1 aromatic rings. The van der Waals surface area contributed by atoms with E-state index in [0.717, 1.165) is 0 Å². The minimum Gasteiger partial charge on any atom is -0.354 e. The van der Waals surface area contributed by atoms with Gasteiger partial charge in [0.1, 0.15) is 0 Å². The first-order chi connectivity index (χ1) is 5.18. The average Bonchev–Trinajstić information content (AvgIpc) is 2.31. The molecule has 0 bridgehead atoms. The van der Waals surface area contributed by atoms with Crippen LogP contribution in [0.5, 0.6) is 0 Å². The van der Waals surface area contributed by atoms with Crippen molar-refractivity contribution >= 4 is 32.4 Å². The van der Waals surface area contributed by atoms with Gasteiger partial charge in [-0.2, -0.15) is 0 Å². The van der Waals surface area contributed by atoms with Crippen LogP contribution in [0.15, 0.2) is 3.92 Å².